The van der Waals surface area contributed by atoms with Crippen LogP contribution in [-0.4, -0.2) is 60.8 Å². The lowest BCUT2D eigenvalue weighted by Gasteiger charge is -2.32. The summed E-state index contributed by atoms with van der Waals surface area (Å²) in [5.74, 6) is -1.000. The van der Waals surface area contributed by atoms with E-state index in [0.29, 0.717) is 18.7 Å². The Morgan fingerprint density at radius 1 is 1.00 bits per heavy atom. The van der Waals surface area contributed by atoms with E-state index < -0.39 is 22.1 Å². The zero-order valence-corrected chi connectivity index (χ0v) is 19.5. The van der Waals surface area contributed by atoms with Gasteiger partial charge in [0.2, 0.25) is 10.0 Å². The Hall–Kier alpha value is -1.93. The van der Waals surface area contributed by atoms with Gasteiger partial charge in [-0.25, -0.2) is 13.2 Å². The second-order valence-corrected chi connectivity index (χ2v) is 9.48. The van der Waals surface area contributed by atoms with E-state index in [1.165, 1.54) is 23.4 Å². The molecule has 1 amide bonds. The van der Waals surface area contributed by atoms with E-state index in [1.807, 2.05) is 27.7 Å². The Labute approximate surface area is 175 Å². The Bertz CT molecular complexity index is 821. The highest BCUT2D eigenvalue weighted by molar-refractivity contribution is 7.89. The molecule has 0 unspecified atom stereocenters. The van der Waals surface area contributed by atoms with Gasteiger partial charge in [-0.15, -0.1) is 0 Å². The summed E-state index contributed by atoms with van der Waals surface area (Å²) in [6.07, 6.45) is -0.977. The summed E-state index contributed by atoms with van der Waals surface area (Å²) in [5, 5.41) is 0. The largest absolute Gasteiger partial charge is 0.449 e. The molecule has 1 aromatic rings. The summed E-state index contributed by atoms with van der Waals surface area (Å²) >= 11 is 0. The SMILES string of the molecule is CCN(CC)S(=O)(=O)c1ccc(C)c(C(=O)O[C@@H](C)C(=O)N(C(C)C)C(C)C)c1. The van der Waals surface area contributed by atoms with Crippen LogP contribution < -0.4 is 0 Å². The molecular formula is C21H34N2O5S. The summed E-state index contributed by atoms with van der Waals surface area (Å²) in [4.78, 5) is 27.1. The third kappa shape index (κ3) is 5.79. The molecule has 0 N–H and O–H groups in total. The highest BCUT2D eigenvalue weighted by Crippen LogP contribution is 2.21. The predicted molar refractivity (Wildman–Crippen MR) is 113 cm³/mol. The molecule has 0 spiro atoms. The first kappa shape index (κ1) is 25.1. The van der Waals surface area contributed by atoms with Crippen LogP contribution in [-0.2, 0) is 19.6 Å². The van der Waals surface area contributed by atoms with Gasteiger partial charge in [0.05, 0.1) is 10.5 Å². The number of nitrogens with zero attached hydrogens (tertiary/aromatic N) is 2. The van der Waals surface area contributed by atoms with Crippen molar-refractivity contribution in [2.24, 2.45) is 0 Å². The van der Waals surface area contributed by atoms with Gasteiger partial charge in [-0.05, 0) is 59.2 Å². The molecule has 1 rings (SSSR count). The van der Waals surface area contributed by atoms with Crippen molar-refractivity contribution in [1.29, 1.82) is 0 Å². The first-order chi connectivity index (χ1) is 13.4. The second-order valence-electron chi connectivity index (χ2n) is 7.55. The molecule has 29 heavy (non-hydrogen) atoms. The lowest BCUT2D eigenvalue weighted by Crippen LogP contribution is -2.47. The molecule has 7 nitrogen and oxygen atoms in total. The van der Waals surface area contributed by atoms with E-state index in [0.717, 1.165) is 0 Å². The molecule has 0 aliphatic heterocycles. The molecule has 0 radical (unpaired) electrons. The summed E-state index contributed by atoms with van der Waals surface area (Å²) in [7, 11) is -3.70. The minimum atomic E-state index is -3.70. The van der Waals surface area contributed by atoms with Gasteiger partial charge >= 0.3 is 5.97 Å². The van der Waals surface area contributed by atoms with Crippen LogP contribution in [0.1, 0.15) is 64.4 Å². The average molecular weight is 427 g/mol. The topological polar surface area (TPSA) is 84.0 Å². The quantitative estimate of drug-likeness (QED) is 0.566. The Morgan fingerprint density at radius 2 is 1.52 bits per heavy atom. The fraction of sp³-hybridized carbons (Fsp3) is 0.619. The van der Waals surface area contributed by atoms with E-state index in [9.17, 15) is 18.0 Å². The van der Waals surface area contributed by atoms with Crippen LogP contribution in [0.5, 0.6) is 0 Å². The number of amides is 1. The van der Waals surface area contributed by atoms with Crippen LogP contribution in [0.15, 0.2) is 23.1 Å². The van der Waals surface area contributed by atoms with E-state index in [-0.39, 0.29) is 28.4 Å². The first-order valence-corrected chi connectivity index (χ1v) is 11.5. The third-order valence-corrected chi connectivity index (χ3v) is 6.82. The standard InChI is InChI=1S/C21H34N2O5S/c1-9-22(10-2)29(26,27)18-12-11-16(7)19(13-18)21(25)28-17(8)20(24)23(14(3)4)15(5)6/h11-15,17H,9-10H2,1-8H3/t17-/m0/s1. The summed E-state index contributed by atoms with van der Waals surface area (Å²) in [6, 6.07) is 4.31. The van der Waals surface area contributed by atoms with E-state index >= 15 is 0 Å². The van der Waals surface area contributed by atoms with Gasteiger partial charge in [0.1, 0.15) is 0 Å². The third-order valence-electron chi connectivity index (χ3n) is 4.77. The van der Waals surface area contributed by atoms with E-state index in [2.05, 4.69) is 0 Å². The molecule has 8 heteroatoms. The highest BCUT2D eigenvalue weighted by Gasteiger charge is 2.29. The van der Waals surface area contributed by atoms with Crippen LogP contribution in [0.2, 0.25) is 0 Å². The molecule has 0 fully saturated rings. The fourth-order valence-electron chi connectivity index (χ4n) is 3.28. The number of rotatable bonds is 9. The number of benzene rings is 1. The second kappa shape index (κ2) is 10.2. The number of carbonyl (C=O) groups excluding carboxylic acids is 2. The maximum Gasteiger partial charge on any atom is 0.339 e. The number of hydrogen-bond donors (Lipinski definition) is 0. The zero-order valence-electron chi connectivity index (χ0n) is 18.7. The van der Waals surface area contributed by atoms with Crippen LogP contribution in [0.3, 0.4) is 0 Å². The van der Waals surface area contributed by atoms with Crippen LogP contribution in [0.4, 0.5) is 0 Å². The molecule has 164 valence electrons. The monoisotopic (exact) mass is 426 g/mol. The summed E-state index contributed by atoms with van der Waals surface area (Å²) in [6.45, 7) is 15.0. The van der Waals surface area contributed by atoms with Crippen LogP contribution in [0.25, 0.3) is 0 Å². The van der Waals surface area contributed by atoms with Gasteiger partial charge in [0.25, 0.3) is 5.91 Å². The number of hydrogen-bond acceptors (Lipinski definition) is 5. The van der Waals surface area contributed by atoms with Crippen molar-refractivity contribution in [2.45, 2.75) is 78.5 Å². The van der Waals surface area contributed by atoms with Crippen molar-refractivity contribution in [1.82, 2.24) is 9.21 Å². The van der Waals surface area contributed by atoms with Crippen molar-refractivity contribution in [3.63, 3.8) is 0 Å². The normalized spacial score (nSPS) is 13.1. The predicted octanol–water partition coefficient (Wildman–Crippen LogP) is 3.22. The van der Waals surface area contributed by atoms with Gasteiger partial charge in [0, 0.05) is 25.2 Å². The minimum absolute atomic E-state index is 0.0312. The molecule has 1 atom stereocenters. The van der Waals surface area contributed by atoms with Gasteiger partial charge in [-0.3, -0.25) is 4.79 Å². The molecule has 0 aromatic heterocycles. The van der Waals surface area contributed by atoms with E-state index in [1.54, 1.807) is 31.7 Å². The Kier molecular flexibility index (Phi) is 8.84. The Balaban J connectivity index is 3.16. The first-order valence-electron chi connectivity index (χ1n) is 10.0. The minimum Gasteiger partial charge on any atom is -0.449 e. The summed E-state index contributed by atoms with van der Waals surface area (Å²) in [5.41, 5.74) is 0.719. The number of sulfonamides is 1. The molecular weight excluding hydrogens is 392 g/mol. The number of esters is 1. The molecule has 0 saturated heterocycles. The van der Waals surface area contributed by atoms with Crippen molar-refractivity contribution in [3.8, 4) is 0 Å². The van der Waals surface area contributed by atoms with Gasteiger partial charge in [-0.1, -0.05) is 19.9 Å². The van der Waals surface area contributed by atoms with Gasteiger partial charge < -0.3 is 9.64 Å². The smallest absolute Gasteiger partial charge is 0.339 e. The fourth-order valence-corrected chi connectivity index (χ4v) is 4.77. The Morgan fingerprint density at radius 3 is 1.97 bits per heavy atom. The highest BCUT2D eigenvalue weighted by atomic mass is 32.2. The van der Waals surface area contributed by atoms with Gasteiger partial charge in [0.15, 0.2) is 6.10 Å². The average Bonchev–Trinajstić information content (AvgIpc) is 2.61. The van der Waals surface area contributed by atoms with Crippen molar-refractivity contribution < 1.29 is 22.7 Å². The zero-order chi connectivity index (χ0) is 22.5. The molecule has 0 saturated carbocycles. The molecule has 0 heterocycles. The number of aryl methyl sites for hydroxylation is 1. The van der Waals surface area contributed by atoms with Crippen LogP contribution in [0, 0.1) is 6.92 Å². The maximum absolute atomic E-state index is 12.8. The van der Waals surface area contributed by atoms with Crippen molar-refractivity contribution in [3.05, 3.63) is 29.3 Å². The number of carbonyl (C=O) groups is 2. The van der Waals surface area contributed by atoms with Crippen molar-refractivity contribution in [2.75, 3.05) is 13.1 Å². The molecule has 0 aliphatic carbocycles. The summed E-state index contributed by atoms with van der Waals surface area (Å²) < 4.78 is 32.3. The number of ether oxygens (including phenoxy) is 1. The lowest BCUT2D eigenvalue weighted by atomic mass is 10.1. The molecule has 0 bridgehead atoms. The molecule has 1 aromatic carbocycles. The van der Waals surface area contributed by atoms with Crippen LogP contribution >= 0.6 is 0 Å². The maximum atomic E-state index is 12.8. The molecule has 0 aliphatic rings. The van der Waals surface area contributed by atoms with E-state index in [4.69, 9.17) is 4.74 Å². The van der Waals surface area contributed by atoms with Gasteiger partial charge in [-0.2, -0.15) is 4.31 Å². The lowest BCUT2D eigenvalue weighted by molar-refractivity contribution is -0.143. The van der Waals surface area contributed by atoms with Crippen molar-refractivity contribution >= 4 is 21.9 Å².